The number of methoxy groups -OCH3 is 1. The predicted octanol–water partition coefficient (Wildman–Crippen LogP) is 4.79. The van der Waals surface area contributed by atoms with Crippen molar-refractivity contribution in [3.8, 4) is 5.75 Å². The van der Waals surface area contributed by atoms with Gasteiger partial charge in [-0.25, -0.2) is 9.97 Å². The van der Waals surface area contributed by atoms with Gasteiger partial charge in [-0.3, -0.25) is 4.79 Å². The Hall–Kier alpha value is -2.83. The monoisotopic (exact) mass is 388 g/mol. The van der Waals surface area contributed by atoms with Crippen molar-refractivity contribution in [1.82, 2.24) is 9.97 Å². The first-order chi connectivity index (χ1) is 12.5. The van der Waals surface area contributed by atoms with E-state index < -0.39 is 0 Å². The Bertz CT molecular complexity index is 933. The molecule has 0 fully saturated rings. The molecule has 3 rings (SSSR count). The first-order valence-electron chi connectivity index (χ1n) is 7.54. The number of halogens is 2. The van der Waals surface area contributed by atoms with Crippen LogP contribution in [0.1, 0.15) is 10.5 Å². The molecular formula is C18H14Cl2N4O2. The molecule has 3 aromatic rings. The van der Waals surface area contributed by atoms with Gasteiger partial charge in [-0.1, -0.05) is 23.2 Å². The average molecular weight is 389 g/mol. The van der Waals surface area contributed by atoms with E-state index in [4.69, 9.17) is 27.9 Å². The molecule has 0 radical (unpaired) electrons. The van der Waals surface area contributed by atoms with Crippen LogP contribution in [-0.4, -0.2) is 23.0 Å². The van der Waals surface area contributed by atoms with Crippen LogP contribution in [0, 0.1) is 0 Å². The summed E-state index contributed by atoms with van der Waals surface area (Å²) < 4.78 is 5.09. The SMILES string of the molecule is COc1ccc(NC(=O)c2cc(Nc3cc(Cl)ccc3Cl)ncn2)cc1. The number of benzene rings is 2. The summed E-state index contributed by atoms with van der Waals surface area (Å²) in [4.78, 5) is 20.5. The minimum Gasteiger partial charge on any atom is -0.497 e. The van der Waals surface area contributed by atoms with E-state index in [-0.39, 0.29) is 11.6 Å². The van der Waals surface area contributed by atoms with Gasteiger partial charge in [0.15, 0.2) is 0 Å². The van der Waals surface area contributed by atoms with Gasteiger partial charge in [0.25, 0.3) is 5.91 Å². The number of anilines is 3. The smallest absolute Gasteiger partial charge is 0.274 e. The molecule has 2 N–H and O–H groups in total. The van der Waals surface area contributed by atoms with E-state index in [9.17, 15) is 4.79 Å². The molecule has 0 atom stereocenters. The van der Waals surface area contributed by atoms with E-state index in [2.05, 4.69) is 20.6 Å². The van der Waals surface area contributed by atoms with Gasteiger partial charge in [-0.15, -0.1) is 0 Å². The number of hydrogen-bond donors (Lipinski definition) is 2. The molecule has 1 aromatic heterocycles. The van der Waals surface area contributed by atoms with E-state index in [1.165, 1.54) is 12.4 Å². The van der Waals surface area contributed by atoms with Gasteiger partial charge in [-0.2, -0.15) is 0 Å². The third kappa shape index (κ3) is 4.41. The average Bonchev–Trinajstić information content (AvgIpc) is 2.65. The highest BCUT2D eigenvalue weighted by Gasteiger charge is 2.10. The molecule has 0 saturated carbocycles. The van der Waals surface area contributed by atoms with Crippen molar-refractivity contribution < 1.29 is 9.53 Å². The number of carbonyl (C=O) groups is 1. The zero-order chi connectivity index (χ0) is 18.5. The molecule has 26 heavy (non-hydrogen) atoms. The van der Waals surface area contributed by atoms with Crippen LogP contribution in [0.2, 0.25) is 10.0 Å². The number of rotatable bonds is 5. The standard InChI is InChI=1S/C18H14Cl2N4O2/c1-26-13-5-3-12(4-6-13)23-18(25)16-9-17(22-10-21-16)24-15-8-11(19)2-7-14(15)20/h2-10H,1H3,(H,23,25)(H,21,22,24). The molecule has 8 heteroatoms. The maximum atomic E-state index is 12.4. The predicted molar refractivity (Wildman–Crippen MR) is 103 cm³/mol. The highest BCUT2D eigenvalue weighted by Crippen LogP contribution is 2.27. The molecule has 0 aliphatic rings. The summed E-state index contributed by atoms with van der Waals surface area (Å²) in [5, 5.41) is 6.80. The van der Waals surface area contributed by atoms with Crippen LogP contribution in [0.25, 0.3) is 0 Å². The second-order valence-corrected chi connectivity index (χ2v) is 6.06. The summed E-state index contributed by atoms with van der Waals surface area (Å²) in [6, 6.07) is 13.5. The van der Waals surface area contributed by atoms with Crippen molar-refractivity contribution in [3.63, 3.8) is 0 Å². The fourth-order valence-corrected chi connectivity index (χ4v) is 2.49. The summed E-state index contributed by atoms with van der Waals surface area (Å²) in [6.45, 7) is 0. The van der Waals surface area contributed by atoms with Crippen LogP contribution in [0.15, 0.2) is 54.9 Å². The minimum absolute atomic E-state index is 0.205. The van der Waals surface area contributed by atoms with Gasteiger partial charge >= 0.3 is 0 Å². The number of amides is 1. The molecule has 1 heterocycles. The van der Waals surface area contributed by atoms with Crippen LogP contribution in [0.5, 0.6) is 5.75 Å². The fourth-order valence-electron chi connectivity index (χ4n) is 2.15. The fraction of sp³-hybridized carbons (Fsp3) is 0.0556. The lowest BCUT2D eigenvalue weighted by Crippen LogP contribution is -2.14. The van der Waals surface area contributed by atoms with Gasteiger partial charge in [-0.05, 0) is 42.5 Å². The Labute approximate surface area is 160 Å². The second-order valence-electron chi connectivity index (χ2n) is 5.22. The van der Waals surface area contributed by atoms with Crippen LogP contribution >= 0.6 is 23.2 Å². The van der Waals surface area contributed by atoms with Crippen molar-refractivity contribution >= 4 is 46.3 Å². The Morgan fingerprint density at radius 2 is 1.81 bits per heavy atom. The van der Waals surface area contributed by atoms with Gasteiger partial charge in [0.1, 0.15) is 23.6 Å². The first kappa shape index (κ1) is 18.0. The van der Waals surface area contributed by atoms with Gasteiger partial charge in [0.2, 0.25) is 0 Å². The third-order valence-electron chi connectivity index (χ3n) is 3.44. The molecule has 0 saturated heterocycles. The van der Waals surface area contributed by atoms with Crippen molar-refractivity contribution in [2.24, 2.45) is 0 Å². The summed E-state index contributed by atoms with van der Waals surface area (Å²) in [5.74, 6) is 0.761. The normalized spacial score (nSPS) is 10.3. The maximum absolute atomic E-state index is 12.4. The lowest BCUT2D eigenvalue weighted by atomic mass is 10.2. The van der Waals surface area contributed by atoms with Crippen molar-refractivity contribution in [2.75, 3.05) is 17.7 Å². The summed E-state index contributed by atoms with van der Waals surface area (Å²) in [5.41, 5.74) is 1.41. The number of carbonyl (C=O) groups excluding carboxylic acids is 1. The zero-order valence-corrected chi connectivity index (χ0v) is 15.2. The molecule has 132 valence electrons. The quantitative estimate of drug-likeness (QED) is 0.656. The topological polar surface area (TPSA) is 76.1 Å². The Kier molecular flexibility index (Phi) is 5.55. The Morgan fingerprint density at radius 3 is 2.54 bits per heavy atom. The molecule has 0 bridgehead atoms. The maximum Gasteiger partial charge on any atom is 0.274 e. The van der Waals surface area contributed by atoms with E-state index in [1.807, 2.05) is 0 Å². The third-order valence-corrected chi connectivity index (χ3v) is 4.00. The number of aromatic nitrogens is 2. The van der Waals surface area contributed by atoms with E-state index >= 15 is 0 Å². The number of ether oxygens (including phenoxy) is 1. The molecule has 6 nitrogen and oxygen atoms in total. The molecule has 1 amide bonds. The molecule has 2 aromatic carbocycles. The van der Waals surface area contributed by atoms with E-state index in [0.29, 0.717) is 33.0 Å². The van der Waals surface area contributed by atoms with E-state index in [1.54, 1.807) is 49.6 Å². The highest BCUT2D eigenvalue weighted by atomic mass is 35.5. The van der Waals surface area contributed by atoms with Crippen LogP contribution in [0.4, 0.5) is 17.2 Å². The largest absolute Gasteiger partial charge is 0.497 e. The van der Waals surface area contributed by atoms with Gasteiger partial charge in [0.05, 0.1) is 17.8 Å². The highest BCUT2D eigenvalue weighted by molar-refractivity contribution is 6.35. The molecule has 0 aliphatic heterocycles. The number of hydrogen-bond acceptors (Lipinski definition) is 5. The number of nitrogens with one attached hydrogen (secondary N) is 2. The van der Waals surface area contributed by atoms with Gasteiger partial charge < -0.3 is 15.4 Å². The van der Waals surface area contributed by atoms with Crippen LogP contribution in [0.3, 0.4) is 0 Å². The van der Waals surface area contributed by atoms with Crippen molar-refractivity contribution in [3.05, 3.63) is 70.6 Å². The second kappa shape index (κ2) is 8.03. The van der Waals surface area contributed by atoms with E-state index in [0.717, 1.165) is 0 Å². The zero-order valence-electron chi connectivity index (χ0n) is 13.7. The molecule has 0 unspecified atom stereocenters. The van der Waals surface area contributed by atoms with Crippen molar-refractivity contribution in [1.29, 1.82) is 0 Å². The van der Waals surface area contributed by atoms with Crippen LogP contribution < -0.4 is 15.4 Å². The summed E-state index contributed by atoms with van der Waals surface area (Å²) in [7, 11) is 1.58. The summed E-state index contributed by atoms with van der Waals surface area (Å²) >= 11 is 12.1. The first-order valence-corrected chi connectivity index (χ1v) is 8.30. The Morgan fingerprint density at radius 1 is 1.04 bits per heavy atom. The molecular weight excluding hydrogens is 375 g/mol. The number of nitrogens with zero attached hydrogens (tertiary/aromatic N) is 2. The lowest BCUT2D eigenvalue weighted by Gasteiger charge is -2.09. The lowest BCUT2D eigenvalue weighted by molar-refractivity contribution is 0.102. The minimum atomic E-state index is -0.363. The van der Waals surface area contributed by atoms with Crippen molar-refractivity contribution in [2.45, 2.75) is 0 Å². The molecule has 0 aliphatic carbocycles. The summed E-state index contributed by atoms with van der Waals surface area (Å²) in [6.07, 6.45) is 1.30. The van der Waals surface area contributed by atoms with Gasteiger partial charge in [0, 0.05) is 16.8 Å². The van der Waals surface area contributed by atoms with Crippen LogP contribution in [-0.2, 0) is 0 Å². The molecule has 0 spiro atoms. The Balaban J connectivity index is 1.75.